The summed E-state index contributed by atoms with van der Waals surface area (Å²) in [6.07, 6.45) is -1.39. The Labute approximate surface area is 160 Å². The second-order valence-electron chi connectivity index (χ2n) is 5.14. The fourth-order valence-electron chi connectivity index (χ4n) is 2.42. The molecule has 8 heteroatoms. The molecule has 124 valence electrons. The number of ether oxygens (including phenoxy) is 1. The minimum atomic E-state index is -1.39. The number of aliphatic hydroxyl groups is 1. The van der Waals surface area contributed by atoms with Crippen LogP contribution in [0.1, 0.15) is 17.4 Å². The quantitative estimate of drug-likeness (QED) is 0.338. The van der Waals surface area contributed by atoms with Crippen molar-refractivity contribution < 1.29 is 14.6 Å². The van der Waals surface area contributed by atoms with Crippen LogP contribution in [0.15, 0.2) is 34.8 Å². The summed E-state index contributed by atoms with van der Waals surface area (Å²) in [5.41, 5.74) is 3.31. The van der Waals surface area contributed by atoms with Gasteiger partial charge in [-0.05, 0) is 41.6 Å². The van der Waals surface area contributed by atoms with Gasteiger partial charge in [0.1, 0.15) is 3.70 Å². The highest BCUT2D eigenvalue weighted by molar-refractivity contribution is 14.1. The molecule has 0 radical (unpaired) electrons. The standard InChI is InChI=1S/C16H13BrIN3O3/c1-8-13(14(22)16(23)24-2)15(18)21-12(19-8)7-11(20-21)9-4-3-5-10(17)6-9/h3-7,14,22H,1-2H3. The van der Waals surface area contributed by atoms with Crippen molar-refractivity contribution in [1.29, 1.82) is 0 Å². The van der Waals surface area contributed by atoms with Crippen LogP contribution in [0.2, 0.25) is 0 Å². The molecule has 3 rings (SSSR count). The summed E-state index contributed by atoms with van der Waals surface area (Å²) in [5.74, 6) is -0.725. The van der Waals surface area contributed by atoms with E-state index in [0.717, 1.165) is 15.7 Å². The highest BCUT2D eigenvalue weighted by Crippen LogP contribution is 2.28. The van der Waals surface area contributed by atoms with E-state index in [2.05, 4.69) is 53.3 Å². The summed E-state index contributed by atoms with van der Waals surface area (Å²) < 4.78 is 7.81. The van der Waals surface area contributed by atoms with Crippen molar-refractivity contribution in [3.05, 3.63) is 49.8 Å². The molecule has 0 amide bonds. The van der Waals surface area contributed by atoms with E-state index in [4.69, 9.17) is 0 Å². The number of esters is 1. The molecule has 0 fully saturated rings. The Bertz CT molecular complexity index is 942. The highest BCUT2D eigenvalue weighted by Gasteiger charge is 2.26. The third kappa shape index (κ3) is 3.05. The van der Waals surface area contributed by atoms with Gasteiger partial charge in [0.05, 0.1) is 12.8 Å². The fourth-order valence-corrected chi connectivity index (χ4v) is 3.86. The van der Waals surface area contributed by atoms with Gasteiger partial charge in [-0.1, -0.05) is 28.1 Å². The molecule has 2 heterocycles. The second-order valence-corrected chi connectivity index (χ2v) is 7.07. The molecule has 2 aromatic heterocycles. The van der Waals surface area contributed by atoms with Crippen LogP contribution in [0.5, 0.6) is 0 Å². The van der Waals surface area contributed by atoms with Gasteiger partial charge in [-0.25, -0.2) is 14.3 Å². The van der Waals surface area contributed by atoms with Gasteiger partial charge in [0.25, 0.3) is 0 Å². The average Bonchev–Trinajstić information content (AvgIpc) is 2.98. The lowest BCUT2D eigenvalue weighted by Crippen LogP contribution is -2.18. The van der Waals surface area contributed by atoms with Gasteiger partial charge in [-0.3, -0.25) is 0 Å². The van der Waals surface area contributed by atoms with E-state index in [1.807, 2.05) is 30.3 Å². The fraction of sp³-hybridized carbons (Fsp3) is 0.188. The van der Waals surface area contributed by atoms with Crippen LogP contribution in [0.4, 0.5) is 0 Å². The highest BCUT2D eigenvalue weighted by atomic mass is 127. The molecule has 3 aromatic rings. The van der Waals surface area contributed by atoms with Crippen molar-refractivity contribution in [3.63, 3.8) is 0 Å². The molecule has 1 unspecified atom stereocenters. The maximum absolute atomic E-state index is 11.7. The topological polar surface area (TPSA) is 76.7 Å². The van der Waals surface area contributed by atoms with Crippen molar-refractivity contribution >= 4 is 50.1 Å². The predicted octanol–water partition coefficient (Wildman–Crippen LogP) is 3.28. The van der Waals surface area contributed by atoms with Crippen LogP contribution in [0.25, 0.3) is 16.9 Å². The SMILES string of the molecule is COC(=O)C(O)c1c(C)nc2cc(-c3cccc(Br)c3)nn2c1I. The minimum Gasteiger partial charge on any atom is -0.467 e. The summed E-state index contributed by atoms with van der Waals surface area (Å²) in [6, 6.07) is 9.66. The number of carbonyl (C=O) groups is 1. The Morgan fingerprint density at radius 1 is 1.42 bits per heavy atom. The van der Waals surface area contributed by atoms with Crippen LogP contribution in [-0.4, -0.2) is 32.8 Å². The van der Waals surface area contributed by atoms with Gasteiger partial charge in [-0.2, -0.15) is 5.10 Å². The molecule has 0 aliphatic rings. The number of hydrogen-bond donors (Lipinski definition) is 1. The Morgan fingerprint density at radius 2 is 2.17 bits per heavy atom. The van der Waals surface area contributed by atoms with Crippen LogP contribution in [0.3, 0.4) is 0 Å². The molecule has 0 aliphatic carbocycles. The number of benzene rings is 1. The molecule has 1 N–H and O–H groups in total. The lowest BCUT2D eigenvalue weighted by Gasteiger charge is -2.13. The van der Waals surface area contributed by atoms with Crippen molar-refractivity contribution in [2.45, 2.75) is 13.0 Å². The Hall–Kier alpha value is -1.52. The lowest BCUT2D eigenvalue weighted by atomic mass is 10.1. The Kier molecular flexibility index (Phi) is 4.88. The normalized spacial score (nSPS) is 12.4. The number of hydrogen-bond acceptors (Lipinski definition) is 5. The monoisotopic (exact) mass is 501 g/mol. The zero-order chi connectivity index (χ0) is 17.4. The number of aryl methyl sites for hydroxylation is 1. The number of aromatic nitrogens is 3. The molecule has 0 spiro atoms. The van der Waals surface area contributed by atoms with Gasteiger partial charge in [0, 0.05) is 27.4 Å². The Morgan fingerprint density at radius 3 is 2.83 bits per heavy atom. The van der Waals surface area contributed by atoms with E-state index in [0.29, 0.717) is 20.6 Å². The molecular weight excluding hydrogens is 489 g/mol. The number of halogens is 2. The zero-order valence-corrected chi connectivity index (χ0v) is 16.6. The Balaban J connectivity index is 2.17. The molecule has 1 atom stereocenters. The molecule has 1 aromatic carbocycles. The van der Waals surface area contributed by atoms with Crippen LogP contribution >= 0.6 is 38.5 Å². The molecule has 0 bridgehead atoms. The van der Waals surface area contributed by atoms with Crippen molar-refractivity contribution in [2.24, 2.45) is 0 Å². The van der Waals surface area contributed by atoms with Gasteiger partial charge in [0.2, 0.25) is 0 Å². The second kappa shape index (κ2) is 6.77. The summed E-state index contributed by atoms with van der Waals surface area (Å²) >= 11 is 5.50. The molecule has 0 saturated heterocycles. The summed E-state index contributed by atoms with van der Waals surface area (Å²) in [4.78, 5) is 16.1. The largest absolute Gasteiger partial charge is 0.467 e. The first-order valence-corrected chi connectivity index (χ1v) is 8.87. The maximum Gasteiger partial charge on any atom is 0.339 e. The number of methoxy groups -OCH3 is 1. The van der Waals surface area contributed by atoms with Crippen molar-refractivity contribution in [2.75, 3.05) is 7.11 Å². The number of aliphatic hydroxyl groups excluding tert-OH is 1. The third-order valence-corrected chi connectivity index (χ3v) is 5.12. The molecule has 0 aliphatic heterocycles. The average molecular weight is 502 g/mol. The van der Waals surface area contributed by atoms with E-state index in [9.17, 15) is 9.90 Å². The predicted molar refractivity (Wildman–Crippen MR) is 101 cm³/mol. The first-order chi connectivity index (χ1) is 11.4. The van der Waals surface area contributed by atoms with Crippen LogP contribution in [-0.2, 0) is 9.53 Å². The van der Waals surface area contributed by atoms with E-state index >= 15 is 0 Å². The summed E-state index contributed by atoms with van der Waals surface area (Å²) in [7, 11) is 1.24. The van der Waals surface area contributed by atoms with Crippen LogP contribution < -0.4 is 0 Å². The number of rotatable bonds is 3. The van der Waals surface area contributed by atoms with Gasteiger partial charge < -0.3 is 9.84 Å². The van der Waals surface area contributed by atoms with Gasteiger partial charge in [0.15, 0.2) is 11.8 Å². The molecule has 6 nitrogen and oxygen atoms in total. The first kappa shape index (κ1) is 17.3. The van der Waals surface area contributed by atoms with Gasteiger partial charge in [-0.15, -0.1) is 0 Å². The molecule has 0 saturated carbocycles. The zero-order valence-electron chi connectivity index (χ0n) is 12.8. The lowest BCUT2D eigenvalue weighted by molar-refractivity contribution is -0.150. The summed E-state index contributed by atoms with van der Waals surface area (Å²) in [5, 5.41) is 14.8. The first-order valence-electron chi connectivity index (χ1n) is 7.00. The minimum absolute atomic E-state index is 0.402. The van der Waals surface area contributed by atoms with E-state index in [1.165, 1.54) is 7.11 Å². The molecular formula is C16H13BrIN3O3. The van der Waals surface area contributed by atoms with Crippen LogP contribution in [0, 0.1) is 10.6 Å². The van der Waals surface area contributed by atoms with Crippen molar-refractivity contribution in [1.82, 2.24) is 14.6 Å². The van der Waals surface area contributed by atoms with Gasteiger partial charge >= 0.3 is 5.97 Å². The number of nitrogens with zero attached hydrogens (tertiary/aromatic N) is 3. The van der Waals surface area contributed by atoms with E-state index in [-0.39, 0.29) is 0 Å². The van der Waals surface area contributed by atoms with E-state index in [1.54, 1.807) is 11.4 Å². The number of fused-ring (bicyclic) bond motifs is 1. The smallest absolute Gasteiger partial charge is 0.339 e. The summed E-state index contributed by atoms with van der Waals surface area (Å²) in [6.45, 7) is 1.75. The number of carbonyl (C=O) groups excluding carboxylic acids is 1. The van der Waals surface area contributed by atoms with E-state index < -0.39 is 12.1 Å². The third-order valence-electron chi connectivity index (χ3n) is 3.59. The molecule has 24 heavy (non-hydrogen) atoms. The maximum atomic E-state index is 11.7. The van der Waals surface area contributed by atoms with Crippen molar-refractivity contribution in [3.8, 4) is 11.3 Å².